The number of thiazole rings is 1. The molecule has 2 N–H and O–H groups in total. The number of alkyl halides is 3. The third-order valence-electron chi connectivity index (χ3n) is 3.89. The Balaban J connectivity index is 1.58. The Morgan fingerprint density at radius 2 is 1.85 bits per heavy atom. The molecule has 0 bridgehead atoms. The van der Waals surface area contributed by atoms with Crippen LogP contribution in [0.5, 0.6) is 0 Å². The number of nitrogens with zero attached hydrogens (tertiary/aromatic N) is 2. The van der Waals surface area contributed by atoms with Crippen LogP contribution in [0.15, 0.2) is 48.0 Å². The number of pyridine rings is 1. The fraction of sp³-hybridized carbons (Fsp3) is 0.118. The second-order valence-electron chi connectivity index (χ2n) is 5.60. The lowest BCUT2D eigenvalue weighted by Gasteiger charge is -2.25. The molecule has 132 valence electrons. The first-order valence-corrected chi connectivity index (χ1v) is 8.45. The Hall–Kier alpha value is -2.94. The summed E-state index contributed by atoms with van der Waals surface area (Å²) in [7, 11) is 0. The molecule has 0 saturated carbocycles. The van der Waals surface area contributed by atoms with Gasteiger partial charge in [-0.25, -0.2) is 9.97 Å². The van der Waals surface area contributed by atoms with Crippen molar-refractivity contribution in [2.24, 2.45) is 0 Å². The summed E-state index contributed by atoms with van der Waals surface area (Å²) in [6, 6.07) is 8.15. The van der Waals surface area contributed by atoms with E-state index in [1.807, 2.05) is 0 Å². The van der Waals surface area contributed by atoms with Crippen molar-refractivity contribution >= 4 is 23.1 Å². The van der Waals surface area contributed by atoms with E-state index in [4.69, 9.17) is 0 Å². The first-order valence-electron chi connectivity index (χ1n) is 7.57. The predicted molar refractivity (Wildman–Crippen MR) is 90.6 cm³/mol. The van der Waals surface area contributed by atoms with Crippen LogP contribution in [0.2, 0.25) is 0 Å². The van der Waals surface area contributed by atoms with Crippen molar-refractivity contribution in [1.29, 1.82) is 0 Å². The zero-order valence-electron chi connectivity index (χ0n) is 13.0. The lowest BCUT2D eigenvalue weighted by Crippen LogP contribution is -2.39. The van der Waals surface area contributed by atoms with Gasteiger partial charge in [0, 0.05) is 17.1 Å². The van der Waals surface area contributed by atoms with Crippen molar-refractivity contribution in [2.75, 3.05) is 5.32 Å². The van der Waals surface area contributed by atoms with Crippen molar-refractivity contribution in [3.05, 3.63) is 64.8 Å². The van der Waals surface area contributed by atoms with Gasteiger partial charge in [-0.2, -0.15) is 13.2 Å². The molecule has 0 fully saturated rings. The zero-order valence-corrected chi connectivity index (χ0v) is 13.9. The number of carbonyl (C=O) groups excluding carboxylic acids is 1. The molecule has 4 rings (SSSR count). The van der Waals surface area contributed by atoms with E-state index in [0.717, 1.165) is 12.1 Å². The summed E-state index contributed by atoms with van der Waals surface area (Å²) in [6.07, 6.45) is -3.34. The van der Waals surface area contributed by atoms with Gasteiger partial charge in [-0.3, -0.25) is 4.79 Å². The van der Waals surface area contributed by atoms with Gasteiger partial charge in [-0.1, -0.05) is 12.1 Å². The number of rotatable bonds is 2. The topological polar surface area (TPSA) is 66.9 Å². The third-order valence-corrected chi connectivity index (χ3v) is 4.80. The molecule has 1 atom stereocenters. The van der Waals surface area contributed by atoms with Crippen molar-refractivity contribution in [3.8, 4) is 10.6 Å². The number of fused-ring (bicyclic) bond motifs is 1. The zero-order chi connectivity index (χ0) is 18.3. The molecule has 2 aromatic heterocycles. The largest absolute Gasteiger partial charge is 0.416 e. The standard InChI is InChI=1S/C17H11F3N4OS/c18-17(19,20)10-5-3-9(4-6-10)16-22-12(8-26-16)14-23-13-11(15(25)24-14)2-1-7-21-13/h1-8,14H,(H,21,23)(H,24,25). The first-order chi connectivity index (χ1) is 12.4. The molecule has 1 aliphatic rings. The van der Waals surface area contributed by atoms with Crippen LogP contribution in [0.4, 0.5) is 19.0 Å². The van der Waals surface area contributed by atoms with E-state index < -0.39 is 17.9 Å². The lowest BCUT2D eigenvalue weighted by atomic mass is 10.1. The maximum Gasteiger partial charge on any atom is 0.416 e. The summed E-state index contributed by atoms with van der Waals surface area (Å²) in [4.78, 5) is 20.7. The highest BCUT2D eigenvalue weighted by Crippen LogP contribution is 2.33. The van der Waals surface area contributed by atoms with E-state index in [9.17, 15) is 18.0 Å². The number of anilines is 1. The minimum absolute atomic E-state index is 0.263. The van der Waals surface area contributed by atoms with Crippen molar-refractivity contribution in [3.63, 3.8) is 0 Å². The summed E-state index contributed by atoms with van der Waals surface area (Å²) in [5, 5.41) is 8.19. The average Bonchev–Trinajstić information content (AvgIpc) is 3.11. The molecule has 0 aliphatic carbocycles. The third kappa shape index (κ3) is 3.01. The average molecular weight is 376 g/mol. The molecule has 5 nitrogen and oxygen atoms in total. The van der Waals surface area contributed by atoms with Gasteiger partial charge in [-0.05, 0) is 24.3 Å². The molecule has 0 saturated heterocycles. The van der Waals surface area contributed by atoms with Gasteiger partial charge in [0.05, 0.1) is 16.8 Å². The Morgan fingerprint density at radius 1 is 1.08 bits per heavy atom. The Bertz CT molecular complexity index is 969. The highest BCUT2D eigenvalue weighted by atomic mass is 32.1. The fourth-order valence-electron chi connectivity index (χ4n) is 2.59. The number of halogens is 3. The minimum atomic E-state index is -4.37. The van der Waals surface area contributed by atoms with Crippen LogP contribution in [-0.2, 0) is 6.18 Å². The smallest absolute Gasteiger partial charge is 0.344 e. The molecular formula is C17H11F3N4OS. The van der Waals surface area contributed by atoms with Gasteiger partial charge >= 0.3 is 6.18 Å². The SMILES string of the molecule is O=C1NC(c2csc(-c3ccc(C(F)(F)F)cc3)n2)Nc2ncccc21. The van der Waals surface area contributed by atoms with E-state index in [0.29, 0.717) is 27.6 Å². The maximum atomic E-state index is 12.7. The number of nitrogens with one attached hydrogen (secondary N) is 2. The quantitative estimate of drug-likeness (QED) is 0.707. The molecule has 0 spiro atoms. The van der Waals surface area contributed by atoms with Crippen molar-refractivity contribution in [1.82, 2.24) is 15.3 Å². The maximum absolute atomic E-state index is 12.7. The molecule has 1 unspecified atom stereocenters. The van der Waals surface area contributed by atoms with Crippen LogP contribution < -0.4 is 10.6 Å². The molecule has 3 aromatic rings. The van der Waals surface area contributed by atoms with Crippen LogP contribution in [0.1, 0.15) is 27.8 Å². The van der Waals surface area contributed by atoms with Gasteiger partial charge in [0.25, 0.3) is 5.91 Å². The Morgan fingerprint density at radius 3 is 2.58 bits per heavy atom. The van der Waals surface area contributed by atoms with Crippen LogP contribution in [0.25, 0.3) is 10.6 Å². The number of aromatic nitrogens is 2. The van der Waals surface area contributed by atoms with Gasteiger partial charge < -0.3 is 10.6 Å². The lowest BCUT2D eigenvalue weighted by molar-refractivity contribution is -0.137. The molecule has 1 amide bonds. The highest BCUT2D eigenvalue weighted by Gasteiger charge is 2.30. The van der Waals surface area contributed by atoms with Crippen molar-refractivity contribution < 1.29 is 18.0 Å². The van der Waals surface area contributed by atoms with Crippen LogP contribution in [0.3, 0.4) is 0 Å². The molecule has 9 heteroatoms. The number of hydrogen-bond acceptors (Lipinski definition) is 5. The number of hydrogen-bond donors (Lipinski definition) is 2. The summed E-state index contributed by atoms with van der Waals surface area (Å²) in [6.45, 7) is 0. The van der Waals surface area contributed by atoms with E-state index in [1.54, 1.807) is 23.7 Å². The molecular weight excluding hydrogens is 365 g/mol. The van der Waals surface area contributed by atoms with Gasteiger partial charge in [0.1, 0.15) is 17.0 Å². The van der Waals surface area contributed by atoms with Gasteiger partial charge in [0.2, 0.25) is 0 Å². The fourth-order valence-corrected chi connectivity index (χ4v) is 3.44. The second-order valence-corrected chi connectivity index (χ2v) is 6.46. The van der Waals surface area contributed by atoms with E-state index in [-0.39, 0.29) is 5.91 Å². The normalized spacial score (nSPS) is 16.6. The Labute approximate surface area is 149 Å². The number of amides is 1. The van der Waals surface area contributed by atoms with Crippen molar-refractivity contribution in [2.45, 2.75) is 12.3 Å². The monoisotopic (exact) mass is 376 g/mol. The van der Waals surface area contributed by atoms with E-state index in [2.05, 4.69) is 20.6 Å². The molecule has 1 aromatic carbocycles. The highest BCUT2D eigenvalue weighted by molar-refractivity contribution is 7.13. The van der Waals surface area contributed by atoms with Gasteiger partial charge in [-0.15, -0.1) is 11.3 Å². The minimum Gasteiger partial charge on any atom is -0.344 e. The summed E-state index contributed by atoms with van der Waals surface area (Å²) in [5.74, 6) is 0.200. The summed E-state index contributed by atoms with van der Waals surface area (Å²) < 4.78 is 38.0. The van der Waals surface area contributed by atoms with Gasteiger partial charge in [0.15, 0.2) is 0 Å². The number of benzene rings is 1. The molecule has 0 radical (unpaired) electrons. The number of carbonyl (C=O) groups is 1. The summed E-state index contributed by atoms with van der Waals surface area (Å²) in [5.41, 5.74) is 0.883. The van der Waals surface area contributed by atoms with E-state index >= 15 is 0 Å². The van der Waals surface area contributed by atoms with E-state index in [1.165, 1.54) is 23.5 Å². The summed E-state index contributed by atoms with van der Waals surface area (Å²) >= 11 is 1.29. The first kappa shape index (κ1) is 16.5. The van der Waals surface area contributed by atoms with Crippen LogP contribution in [-0.4, -0.2) is 15.9 Å². The molecule has 3 heterocycles. The molecule has 1 aliphatic heterocycles. The second kappa shape index (κ2) is 6.10. The predicted octanol–water partition coefficient (Wildman–Crippen LogP) is 4.08. The Kier molecular flexibility index (Phi) is 3.87. The van der Waals surface area contributed by atoms with Crippen LogP contribution in [0, 0.1) is 0 Å². The molecule has 26 heavy (non-hydrogen) atoms. The van der Waals surface area contributed by atoms with Crippen LogP contribution >= 0.6 is 11.3 Å².